The monoisotopic (exact) mass is 358 g/mol. The number of benzene rings is 3. The highest BCUT2D eigenvalue weighted by molar-refractivity contribution is 6.06. The second-order valence-electron chi connectivity index (χ2n) is 6.61. The Bertz CT molecular complexity index is 901. The van der Waals surface area contributed by atoms with Crippen molar-refractivity contribution in [3.05, 3.63) is 84.4 Å². The molecule has 0 radical (unpaired) electrons. The molecule has 0 aliphatic carbocycles. The molecule has 0 atom stereocenters. The average Bonchev–Trinajstić information content (AvgIpc) is 3.25. The van der Waals surface area contributed by atoms with Gasteiger partial charge in [0.05, 0.1) is 5.56 Å². The van der Waals surface area contributed by atoms with Gasteiger partial charge in [-0.2, -0.15) is 0 Å². The highest BCUT2D eigenvalue weighted by Crippen LogP contribution is 2.27. The largest absolute Gasteiger partial charge is 0.457 e. The molecule has 0 bridgehead atoms. The molecule has 4 heteroatoms. The number of amides is 1. The summed E-state index contributed by atoms with van der Waals surface area (Å²) in [4.78, 5) is 15.1. The van der Waals surface area contributed by atoms with E-state index < -0.39 is 0 Å². The van der Waals surface area contributed by atoms with Gasteiger partial charge in [-0.05, 0) is 61.4 Å². The third kappa shape index (κ3) is 4.11. The fourth-order valence-electron chi connectivity index (χ4n) is 3.29. The summed E-state index contributed by atoms with van der Waals surface area (Å²) in [5.41, 5.74) is 2.49. The van der Waals surface area contributed by atoms with Crippen LogP contribution in [0.3, 0.4) is 0 Å². The number of carbonyl (C=O) groups is 1. The third-order valence-electron chi connectivity index (χ3n) is 4.70. The van der Waals surface area contributed by atoms with Crippen molar-refractivity contribution in [2.24, 2.45) is 0 Å². The average molecular weight is 358 g/mol. The van der Waals surface area contributed by atoms with Crippen molar-refractivity contribution in [2.75, 3.05) is 23.3 Å². The number of rotatable bonds is 5. The van der Waals surface area contributed by atoms with Gasteiger partial charge in [-0.1, -0.05) is 30.3 Å². The van der Waals surface area contributed by atoms with Crippen molar-refractivity contribution in [1.29, 1.82) is 0 Å². The summed E-state index contributed by atoms with van der Waals surface area (Å²) in [5, 5.41) is 2.96. The highest BCUT2D eigenvalue weighted by atomic mass is 16.5. The maximum absolute atomic E-state index is 12.8. The summed E-state index contributed by atoms with van der Waals surface area (Å²) in [6.45, 7) is 2.21. The zero-order chi connectivity index (χ0) is 18.5. The summed E-state index contributed by atoms with van der Waals surface area (Å²) in [6.07, 6.45) is 2.49. The number of nitrogens with zero attached hydrogens (tertiary/aromatic N) is 1. The summed E-state index contributed by atoms with van der Waals surface area (Å²) in [5.74, 6) is 1.05. The zero-order valence-corrected chi connectivity index (χ0v) is 15.1. The molecule has 3 aromatic rings. The van der Waals surface area contributed by atoms with Gasteiger partial charge in [-0.3, -0.25) is 4.79 Å². The van der Waals surface area contributed by atoms with Gasteiger partial charge in [0.1, 0.15) is 11.5 Å². The van der Waals surface area contributed by atoms with Crippen LogP contribution >= 0.6 is 0 Å². The first-order chi connectivity index (χ1) is 13.3. The molecule has 0 spiro atoms. The van der Waals surface area contributed by atoms with E-state index in [1.807, 2.05) is 54.6 Å². The van der Waals surface area contributed by atoms with Crippen LogP contribution in [0.15, 0.2) is 78.9 Å². The number of carbonyl (C=O) groups excluding carboxylic acids is 1. The van der Waals surface area contributed by atoms with E-state index in [9.17, 15) is 4.79 Å². The van der Waals surface area contributed by atoms with Crippen molar-refractivity contribution in [1.82, 2.24) is 0 Å². The molecule has 0 unspecified atom stereocenters. The number of para-hydroxylation sites is 2. The van der Waals surface area contributed by atoms with Crippen LogP contribution in [0.4, 0.5) is 11.4 Å². The Kier molecular flexibility index (Phi) is 5.06. The Morgan fingerprint density at radius 1 is 0.815 bits per heavy atom. The van der Waals surface area contributed by atoms with Crippen LogP contribution in [-0.4, -0.2) is 19.0 Å². The third-order valence-corrected chi connectivity index (χ3v) is 4.70. The van der Waals surface area contributed by atoms with E-state index in [-0.39, 0.29) is 5.91 Å². The summed E-state index contributed by atoms with van der Waals surface area (Å²) >= 11 is 0. The van der Waals surface area contributed by atoms with Gasteiger partial charge in [0, 0.05) is 24.5 Å². The Morgan fingerprint density at radius 2 is 1.48 bits per heavy atom. The molecular weight excluding hydrogens is 336 g/mol. The lowest BCUT2D eigenvalue weighted by atomic mass is 10.1. The molecule has 1 aliphatic heterocycles. The van der Waals surface area contributed by atoms with E-state index in [0.717, 1.165) is 18.8 Å². The second kappa shape index (κ2) is 7.96. The molecule has 1 N–H and O–H groups in total. The predicted molar refractivity (Wildman–Crippen MR) is 109 cm³/mol. The standard InChI is InChI=1S/C23H22N2O2/c26-23(24-18-12-14-19(15-13-18)25-16-6-7-17-25)21-10-4-5-11-22(21)27-20-8-2-1-3-9-20/h1-5,8-15H,6-7,16-17H2,(H,24,26). The van der Waals surface area contributed by atoms with Crippen LogP contribution < -0.4 is 15.0 Å². The number of nitrogens with one attached hydrogen (secondary N) is 1. The minimum Gasteiger partial charge on any atom is -0.457 e. The molecule has 3 aromatic carbocycles. The lowest BCUT2D eigenvalue weighted by molar-refractivity contribution is 0.102. The van der Waals surface area contributed by atoms with Crippen LogP contribution in [0.1, 0.15) is 23.2 Å². The molecule has 1 heterocycles. The molecule has 27 heavy (non-hydrogen) atoms. The summed E-state index contributed by atoms with van der Waals surface area (Å²) in [7, 11) is 0. The van der Waals surface area contributed by atoms with E-state index in [1.165, 1.54) is 18.5 Å². The fraction of sp³-hybridized carbons (Fsp3) is 0.174. The zero-order valence-electron chi connectivity index (χ0n) is 15.1. The summed E-state index contributed by atoms with van der Waals surface area (Å²) in [6, 6.07) is 24.8. The van der Waals surface area contributed by atoms with Crippen molar-refractivity contribution in [3.8, 4) is 11.5 Å². The lowest BCUT2D eigenvalue weighted by Crippen LogP contribution is -2.17. The van der Waals surface area contributed by atoms with E-state index >= 15 is 0 Å². The molecule has 1 aliphatic rings. The Hall–Kier alpha value is -3.27. The fourth-order valence-corrected chi connectivity index (χ4v) is 3.29. The topological polar surface area (TPSA) is 41.6 Å². The Balaban J connectivity index is 1.48. The number of hydrogen-bond acceptors (Lipinski definition) is 3. The number of hydrogen-bond donors (Lipinski definition) is 1. The van der Waals surface area contributed by atoms with E-state index in [1.54, 1.807) is 12.1 Å². The van der Waals surface area contributed by atoms with E-state index in [2.05, 4.69) is 22.3 Å². The minimum absolute atomic E-state index is 0.185. The first kappa shape index (κ1) is 17.2. The normalized spacial score (nSPS) is 13.4. The van der Waals surface area contributed by atoms with Gasteiger partial charge in [0.25, 0.3) is 5.91 Å². The van der Waals surface area contributed by atoms with E-state index in [0.29, 0.717) is 17.1 Å². The van der Waals surface area contributed by atoms with Crippen molar-refractivity contribution in [2.45, 2.75) is 12.8 Å². The molecule has 4 nitrogen and oxygen atoms in total. The van der Waals surface area contributed by atoms with E-state index in [4.69, 9.17) is 4.74 Å². The van der Waals surface area contributed by atoms with Gasteiger partial charge in [0.15, 0.2) is 0 Å². The molecule has 0 aromatic heterocycles. The van der Waals surface area contributed by atoms with Crippen molar-refractivity contribution >= 4 is 17.3 Å². The SMILES string of the molecule is O=C(Nc1ccc(N2CCCC2)cc1)c1ccccc1Oc1ccccc1. The Labute approximate surface area is 159 Å². The maximum Gasteiger partial charge on any atom is 0.259 e. The van der Waals surface area contributed by atoms with Gasteiger partial charge in [-0.15, -0.1) is 0 Å². The van der Waals surface area contributed by atoms with Crippen LogP contribution in [0.25, 0.3) is 0 Å². The lowest BCUT2D eigenvalue weighted by Gasteiger charge is -2.18. The first-order valence-corrected chi connectivity index (χ1v) is 9.28. The second-order valence-corrected chi connectivity index (χ2v) is 6.61. The van der Waals surface area contributed by atoms with Crippen LogP contribution in [0, 0.1) is 0 Å². The molecule has 1 fully saturated rings. The predicted octanol–water partition coefficient (Wildman–Crippen LogP) is 5.33. The van der Waals surface area contributed by atoms with Crippen molar-refractivity contribution < 1.29 is 9.53 Å². The van der Waals surface area contributed by atoms with Crippen molar-refractivity contribution in [3.63, 3.8) is 0 Å². The Morgan fingerprint density at radius 3 is 2.22 bits per heavy atom. The number of ether oxygens (including phenoxy) is 1. The quantitative estimate of drug-likeness (QED) is 0.670. The smallest absolute Gasteiger partial charge is 0.259 e. The highest BCUT2D eigenvalue weighted by Gasteiger charge is 2.14. The molecule has 1 amide bonds. The van der Waals surface area contributed by atoms with Crippen LogP contribution in [-0.2, 0) is 0 Å². The van der Waals surface area contributed by atoms with Gasteiger partial charge >= 0.3 is 0 Å². The molecular formula is C23H22N2O2. The first-order valence-electron chi connectivity index (χ1n) is 9.28. The van der Waals surface area contributed by atoms with Gasteiger partial charge < -0.3 is 15.0 Å². The molecule has 1 saturated heterocycles. The van der Waals surface area contributed by atoms with Gasteiger partial charge in [0.2, 0.25) is 0 Å². The molecule has 4 rings (SSSR count). The summed E-state index contributed by atoms with van der Waals surface area (Å²) < 4.78 is 5.89. The minimum atomic E-state index is -0.185. The van der Waals surface area contributed by atoms with Crippen LogP contribution in [0.5, 0.6) is 11.5 Å². The van der Waals surface area contributed by atoms with Crippen LogP contribution in [0.2, 0.25) is 0 Å². The van der Waals surface area contributed by atoms with Gasteiger partial charge in [-0.25, -0.2) is 0 Å². The molecule has 136 valence electrons. The maximum atomic E-state index is 12.8. The number of anilines is 2. The molecule has 0 saturated carbocycles.